The lowest BCUT2D eigenvalue weighted by Gasteiger charge is -2.06. The predicted octanol–water partition coefficient (Wildman–Crippen LogP) is 5.76. The third kappa shape index (κ3) is 3.89. The highest BCUT2D eigenvalue weighted by molar-refractivity contribution is 5.88. The third-order valence-electron chi connectivity index (χ3n) is 2.58. The van der Waals surface area contributed by atoms with Crippen molar-refractivity contribution in [2.45, 2.75) is 48.0 Å². The number of hydrogen-bond acceptors (Lipinski definition) is 0. The quantitative estimate of drug-likeness (QED) is 0.584. The van der Waals surface area contributed by atoms with Gasteiger partial charge in [-0.15, -0.1) is 0 Å². The normalized spacial score (nSPS) is 8.82. The molecule has 0 N–H and O–H groups in total. The van der Waals surface area contributed by atoms with Crippen LogP contribution in [0.1, 0.15) is 45.7 Å². The van der Waals surface area contributed by atoms with Crippen molar-refractivity contribution in [3.63, 3.8) is 0 Å². The molecule has 2 rings (SSSR count). The number of fused-ring (bicyclic) bond motifs is 1. The van der Waals surface area contributed by atoms with Crippen LogP contribution in [0.5, 0.6) is 0 Å². The van der Waals surface area contributed by atoms with E-state index in [1.54, 1.807) is 0 Å². The molecular weight excluding hydrogens is 204 g/mol. The Balaban J connectivity index is 0.000000581. The second kappa shape index (κ2) is 8.81. The summed E-state index contributed by atoms with van der Waals surface area (Å²) >= 11 is 0. The molecule has 0 fully saturated rings. The maximum absolute atomic E-state index is 2.22. The summed E-state index contributed by atoms with van der Waals surface area (Å²) in [7, 11) is 0. The first-order chi connectivity index (χ1) is 8.33. The van der Waals surface area contributed by atoms with Gasteiger partial charge in [0.15, 0.2) is 0 Å². The first-order valence-electron chi connectivity index (χ1n) is 6.80. The summed E-state index contributed by atoms with van der Waals surface area (Å²) in [5.41, 5.74) is 2.84. The molecule has 0 nitrogen and oxygen atoms in total. The van der Waals surface area contributed by atoms with Gasteiger partial charge in [0, 0.05) is 0 Å². The molecule has 17 heavy (non-hydrogen) atoms. The van der Waals surface area contributed by atoms with Crippen molar-refractivity contribution in [2.75, 3.05) is 0 Å². The van der Waals surface area contributed by atoms with Crippen LogP contribution in [0.3, 0.4) is 0 Å². The molecule has 0 heterocycles. The Morgan fingerprint density at radius 3 is 1.88 bits per heavy atom. The fourth-order valence-corrected chi connectivity index (χ4v) is 1.91. The number of aryl methyl sites for hydroxylation is 2. The maximum Gasteiger partial charge on any atom is -0.0123 e. The van der Waals surface area contributed by atoms with E-state index in [1.807, 2.05) is 27.7 Å². The van der Waals surface area contributed by atoms with Crippen LogP contribution in [0, 0.1) is 6.92 Å². The van der Waals surface area contributed by atoms with Crippen molar-refractivity contribution < 1.29 is 0 Å². The van der Waals surface area contributed by atoms with Crippen LogP contribution >= 0.6 is 0 Å². The molecular formula is C17H26. The molecule has 0 aliphatic carbocycles. The van der Waals surface area contributed by atoms with Gasteiger partial charge in [-0.3, -0.25) is 0 Å². The van der Waals surface area contributed by atoms with Gasteiger partial charge in [-0.05, 0) is 35.2 Å². The topological polar surface area (TPSA) is 0 Å². The Hall–Kier alpha value is -1.30. The highest BCUT2D eigenvalue weighted by Crippen LogP contribution is 2.22. The molecule has 94 valence electrons. The number of rotatable bonds is 1. The minimum absolute atomic E-state index is 1.11. The maximum atomic E-state index is 2.22. The zero-order chi connectivity index (χ0) is 13.3. The van der Waals surface area contributed by atoms with E-state index in [4.69, 9.17) is 0 Å². The standard InChI is InChI=1S/C13H14.2C2H6/c1-3-11-7-5-9-12-8-4-6-10(2)13(11)12;2*1-2/h4-9H,3H2,1-2H3;2*1-2H3. The summed E-state index contributed by atoms with van der Waals surface area (Å²) in [5.74, 6) is 0. The summed E-state index contributed by atoms with van der Waals surface area (Å²) in [6, 6.07) is 13.0. The van der Waals surface area contributed by atoms with Gasteiger partial charge in [-0.25, -0.2) is 0 Å². The number of benzene rings is 2. The molecule has 0 aliphatic heterocycles. The Labute approximate surface area is 107 Å². The molecule has 0 radical (unpaired) electrons. The van der Waals surface area contributed by atoms with Crippen LogP contribution < -0.4 is 0 Å². The van der Waals surface area contributed by atoms with Crippen LogP contribution in [-0.4, -0.2) is 0 Å². The molecule has 2 aromatic carbocycles. The Bertz CT molecular complexity index is 422. The molecule has 0 saturated carbocycles. The van der Waals surface area contributed by atoms with E-state index in [0.29, 0.717) is 0 Å². The zero-order valence-electron chi connectivity index (χ0n) is 12.2. The van der Waals surface area contributed by atoms with E-state index in [9.17, 15) is 0 Å². The molecule has 0 amide bonds. The molecule has 0 spiro atoms. The van der Waals surface area contributed by atoms with Crippen LogP contribution in [0.2, 0.25) is 0 Å². The molecule has 0 unspecified atom stereocenters. The zero-order valence-corrected chi connectivity index (χ0v) is 12.2. The predicted molar refractivity (Wildman–Crippen MR) is 80.8 cm³/mol. The lowest BCUT2D eigenvalue weighted by molar-refractivity contribution is 1.16. The summed E-state index contributed by atoms with van der Waals surface area (Å²) < 4.78 is 0. The van der Waals surface area contributed by atoms with Crippen molar-refractivity contribution >= 4 is 10.8 Å². The smallest absolute Gasteiger partial charge is 0.0123 e. The molecule has 0 atom stereocenters. The minimum Gasteiger partial charge on any atom is -0.0683 e. The summed E-state index contributed by atoms with van der Waals surface area (Å²) in [6.07, 6.45) is 1.11. The van der Waals surface area contributed by atoms with Crippen molar-refractivity contribution in [2.24, 2.45) is 0 Å². The largest absolute Gasteiger partial charge is 0.0683 e. The van der Waals surface area contributed by atoms with Crippen LogP contribution in [0.4, 0.5) is 0 Å². The SMILES string of the molecule is CC.CC.CCc1cccc2cccc(C)c12. The molecule has 0 aromatic heterocycles. The highest BCUT2D eigenvalue weighted by Gasteiger charge is 2.00. The van der Waals surface area contributed by atoms with Crippen LogP contribution in [0.25, 0.3) is 10.8 Å². The monoisotopic (exact) mass is 230 g/mol. The Morgan fingerprint density at radius 2 is 1.35 bits per heavy atom. The Kier molecular flexibility index (Phi) is 8.13. The van der Waals surface area contributed by atoms with Crippen molar-refractivity contribution in [1.29, 1.82) is 0 Å². The second-order valence-corrected chi connectivity index (χ2v) is 3.44. The van der Waals surface area contributed by atoms with Gasteiger partial charge in [0.25, 0.3) is 0 Å². The van der Waals surface area contributed by atoms with E-state index < -0.39 is 0 Å². The van der Waals surface area contributed by atoms with E-state index in [2.05, 4.69) is 50.2 Å². The van der Waals surface area contributed by atoms with E-state index >= 15 is 0 Å². The van der Waals surface area contributed by atoms with Gasteiger partial charge in [0.1, 0.15) is 0 Å². The van der Waals surface area contributed by atoms with Crippen molar-refractivity contribution in [3.05, 3.63) is 47.5 Å². The first kappa shape index (κ1) is 15.7. The summed E-state index contributed by atoms with van der Waals surface area (Å²) in [6.45, 7) is 12.4. The minimum atomic E-state index is 1.11. The average Bonchev–Trinajstić information content (AvgIpc) is 2.43. The van der Waals surface area contributed by atoms with Gasteiger partial charge >= 0.3 is 0 Å². The highest BCUT2D eigenvalue weighted by atomic mass is 14.0. The molecule has 0 aliphatic rings. The second-order valence-electron chi connectivity index (χ2n) is 3.44. The van der Waals surface area contributed by atoms with E-state index in [0.717, 1.165) is 6.42 Å². The average molecular weight is 230 g/mol. The van der Waals surface area contributed by atoms with Gasteiger partial charge in [0.05, 0.1) is 0 Å². The number of hydrogen-bond donors (Lipinski definition) is 0. The van der Waals surface area contributed by atoms with E-state index in [1.165, 1.54) is 21.9 Å². The van der Waals surface area contributed by atoms with Gasteiger partial charge < -0.3 is 0 Å². The lowest BCUT2D eigenvalue weighted by atomic mass is 9.99. The molecule has 0 bridgehead atoms. The van der Waals surface area contributed by atoms with Crippen molar-refractivity contribution in [1.82, 2.24) is 0 Å². The fourth-order valence-electron chi connectivity index (χ4n) is 1.91. The third-order valence-corrected chi connectivity index (χ3v) is 2.58. The fraction of sp³-hybridized carbons (Fsp3) is 0.412. The summed E-state index contributed by atoms with van der Waals surface area (Å²) in [4.78, 5) is 0. The van der Waals surface area contributed by atoms with Crippen LogP contribution in [-0.2, 0) is 6.42 Å². The van der Waals surface area contributed by atoms with E-state index in [-0.39, 0.29) is 0 Å². The summed E-state index contributed by atoms with van der Waals surface area (Å²) in [5, 5.41) is 2.80. The van der Waals surface area contributed by atoms with Crippen LogP contribution in [0.15, 0.2) is 36.4 Å². The Morgan fingerprint density at radius 1 is 0.824 bits per heavy atom. The van der Waals surface area contributed by atoms with Gasteiger partial charge in [-0.1, -0.05) is 71.0 Å². The molecule has 0 saturated heterocycles. The van der Waals surface area contributed by atoms with Gasteiger partial charge in [-0.2, -0.15) is 0 Å². The van der Waals surface area contributed by atoms with Gasteiger partial charge in [0.2, 0.25) is 0 Å². The molecule has 0 heteroatoms. The molecule has 2 aromatic rings. The lowest BCUT2D eigenvalue weighted by Crippen LogP contribution is -1.85. The first-order valence-corrected chi connectivity index (χ1v) is 6.80. The van der Waals surface area contributed by atoms with Crippen molar-refractivity contribution in [3.8, 4) is 0 Å².